The number of benzene rings is 2. The number of ether oxygens (including phenoxy) is 1. The Morgan fingerprint density at radius 3 is 1.81 bits per heavy atom. The van der Waals surface area contributed by atoms with Gasteiger partial charge in [0.2, 0.25) is 0 Å². The van der Waals surface area contributed by atoms with Crippen molar-refractivity contribution in [1.29, 1.82) is 0 Å². The quantitative estimate of drug-likeness (QED) is 0.564. The lowest BCUT2D eigenvalue weighted by Crippen LogP contribution is -2.35. The second-order valence-electron chi connectivity index (χ2n) is 8.19. The lowest BCUT2D eigenvalue weighted by Gasteiger charge is -2.25. The summed E-state index contributed by atoms with van der Waals surface area (Å²) in [4.78, 5) is 12.6. The summed E-state index contributed by atoms with van der Waals surface area (Å²) in [6, 6.07) is 5.80. The molecular formula is C23H32NO2+. The summed E-state index contributed by atoms with van der Waals surface area (Å²) in [6.07, 6.45) is 0. The summed E-state index contributed by atoms with van der Waals surface area (Å²) < 4.78 is 6.39. The van der Waals surface area contributed by atoms with E-state index in [1.165, 1.54) is 33.5 Å². The second kappa shape index (κ2) is 7.24. The van der Waals surface area contributed by atoms with Gasteiger partial charge >= 0.3 is 5.97 Å². The summed E-state index contributed by atoms with van der Waals surface area (Å²) in [5.41, 5.74) is 10.3. The van der Waals surface area contributed by atoms with Crippen molar-refractivity contribution < 1.29 is 9.53 Å². The maximum Gasteiger partial charge on any atom is 0.338 e. The number of quaternary nitrogens is 1. The molecule has 2 aromatic carbocycles. The van der Waals surface area contributed by atoms with E-state index in [9.17, 15) is 4.79 Å². The fourth-order valence-electron chi connectivity index (χ4n) is 3.55. The van der Waals surface area contributed by atoms with Crippen LogP contribution in [0.1, 0.15) is 49.3 Å². The van der Waals surface area contributed by atoms with Crippen LogP contribution in [-0.4, -0.2) is 27.1 Å². The maximum absolute atomic E-state index is 12.6. The van der Waals surface area contributed by atoms with Crippen LogP contribution in [0.4, 0.5) is 5.69 Å². The highest BCUT2D eigenvalue weighted by Crippen LogP contribution is 2.27. The molecular weight excluding hydrogens is 322 g/mol. The average molecular weight is 355 g/mol. The van der Waals surface area contributed by atoms with Crippen LogP contribution in [0.5, 0.6) is 0 Å². The van der Waals surface area contributed by atoms with E-state index in [4.69, 9.17) is 4.74 Å². The van der Waals surface area contributed by atoms with Gasteiger partial charge in [0, 0.05) is 11.6 Å². The Labute approximate surface area is 158 Å². The summed E-state index contributed by atoms with van der Waals surface area (Å²) in [6.45, 7) is 13.0. The molecule has 0 aliphatic carbocycles. The molecule has 0 amide bonds. The minimum atomic E-state index is -0.268. The molecule has 3 heteroatoms. The fraction of sp³-hybridized carbons (Fsp3) is 0.435. The number of nitrogens with zero attached hydrogens (tertiary/aromatic N) is 1. The van der Waals surface area contributed by atoms with Gasteiger partial charge in [-0.15, -0.1) is 0 Å². The van der Waals surface area contributed by atoms with Crippen LogP contribution in [0.2, 0.25) is 0 Å². The predicted molar refractivity (Wildman–Crippen MR) is 110 cm³/mol. The third-order valence-corrected chi connectivity index (χ3v) is 5.66. The number of carbonyl (C=O) groups excluding carboxylic acids is 1. The van der Waals surface area contributed by atoms with E-state index in [2.05, 4.69) is 55.8 Å². The first-order valence-corrected chi connectivity index (χ1v) is 9.10. The number of esters is 1. The van der Waals surface area contributed by atoms with E-state index < -0.39 is 0 Å². The molecule has 3 nitrogen and oxygen atoms in total. The standard InChI is InChI=1S/C23H32NO2/c1-14-12-20(10-11-22(14)24(7,8)9)23(25)26-13-21-18(5)16(3)15(2)17(4)19(21)6/h10-12H,13H2,1-9H3/q+1. The van der Waals surface area contributed by atoms with E-state index in [0.717, 1.165) is 15.6 Å². The van der Waals surface area contributed by atoms with Crippen LogP contribution in [-0.2, 0) is 11.3 Å². The van der Waals surface area contributed by atoms with Gasteiger partial charge in [-0.2, -0.15) is 0 Å². The molecule has 0 aromatic heterocycles. The molecule has 0 N–H and O–H groups in total. The maximum atomic E-state index is 12.6. The topological polar surface area (TPSA) is 26.3 Å². The van der Waals surface area contributed by atoms with E-state index >= 15 is 0 Å². The van der Waals surface area contributed by atoms with Crippen LogP contribution in [0.15, 0.2) is 18.2 Å². The zero-order valence-corrected chi connectivity index (χ0v) is 17.7. The van der Waals surface area contributed by atoms with Crippen LogP contribution in [0.25, 0.3) is 0 Å². The number of hydrogen-bond acceptors (Lipinski definition) is 2. The molecule has 0 aliphatic heterocycles. The second-order valence-corrected chi connectivity index (χ2v) is 8.19. The molecule has 140 valence electrons. The van der Waals surface area contributed by atoms with Gasteiger partial charge < -0.3 is 4.74 Å². The summed E-state index contributed by atoms with van der Waals surface area (Å²) in [7, 11) is 6.36. The van der Waals surface area contributed by atoms with Gasteiger partial charge in [0.05, 0.1) is 26.7 Å². The summed E-state index contributed by atoms with van der Waals surface area (Å²) >= 11 is 0. The van der Waals surface area contributed by atoms with Crippen molar-refractivity contribution in [2.45, 2.75) is 48.1 Å². The van der Waals surface area contributed by atoms with Crippen LogP contribution in [0, 0.1) is 41.5 Å². The van der Waals surface area contributed by atoms with E-state index in [1.54, 1.807) is 0 Å². The van der Waals surface area contributed by atoms with Crippen molar-refractivity contribution in [3.63, 3.8) is 0 Å². The Kier molecular flexibility index (Phi) is 5.62. The molecule has 0 unspecified atom stereocenters. The Morgan fingerprint density at radius 2 is 1.35 bits per heavy atom. The highest BCUT2D eigenvalue weighted by atomic mass is 16.5. The molecule has 0 atom stereocenters. The molecule has 0 heterocycles. The molecule has 0 spiro atoms. The molecule has 0 aliphatic rings. The molecule has 2 aromatic rings. The number of aryl methyl sites for hydroxylation is 1. The molecule has 0 saturated heterocycles. The normalized spacial score (nSPS) is 11.6. The van der Waals surface area contributed by atoms with Gasteiger partial charge in [-0.25, -0.2) is 4.79 Å². The average Bonchev–Trinajstić information content (AvgIpc) is 2.56. The van der Waals surface area contributed by atoms with Gasteiger partial charge in [0.15, 0.2) is 0 Å². The SMILES string of the molecule is Cc1cc(C(=O)OCc2c(C)c(C)c(C)c(C)c2C)ccc1[N+](C)(C)C. The van der Waals surface area contributed by atoms with Gasteiger partial charge in [-0.3, -0.25) is 4.48 Å². The molecule has 0 saturated carbocycles. The number of hydrogen-bond donors (Lipinski definition) is 0. The Hall–Kier alpha value is -2.13. The van der Waals surface area contributed by atoms with Crippen molar-refractivity contribution in [3.8, 4) is 0 Å². The zero-order valence-electron chi connectivity index (χ0n) is 17.7. The molecule has 2 rings (SSSR count). The third-order valence-electron chi connectivity index (χ3n) is 5.66. The molecule has 0 fully saturated rings. The number of carbonyl (C=O) groups is 1. The minimum absolute atomic E-state index is 0.268. The summed E-state index contributed by atoms with van der Waals surface area (Å²) in [5, 5.41) is 0. The minimum Gasteiger partial charge on any atom is -0.457 e. The lowest BCUT2D eigenvalue weighted by atomic mass is 9.90. The van der Waals surface area contributed by atoms with Crippen molar-refractivity contribution in [1.82, 2.24) is 4.48 Å². The zero-order chi connectivity index (χ0) is 19.8. The largest absolute Gasteiger partial charge is 0.457 e. The van der Waals surface area contributed by atoms with Crippen molar-refractivity contribution >= 4 is 11.7 Å². The third kappa shape index (κ3) is 3.83. The van der Waals surface area contributed by atoms with E-state index in [0.29, 0.717) is 12.2 Å². The lowest BCUT2D eigenvalue weighted by molar-refractivity contribution is 0.0471. The van der Waals surface area contributed by atoms with Crippen LogP contribution < -0.4 is 4.48 Å². The van der Waals surface area contributed by atoms with E-state index in [-0.39, 0.29) is 5.97 Å². The highest BCUT2D eigenvalue weighted by Gasteiger charge is 2.19. The van der Waals surface area contributed by atoms with Crippen molar-refractivity contribution in [2.24, 2.45) is 0 Å². The smallest absolute Gasteiger partial charge is 0.338 e. The monoisotopic (exact) mass is 354 g/mol. The molecule has 0 bridgehead atoms. The Bertz CT molecular complexity index is 828. The fourth-order valence-corrected chi connectivity index (χ4v) is 3.55. The van der Waals surface area contributed by atoms with Gasteiger partial charge in [0.1, 0.15) is 12.3 Å². The van der Waals surface area contributed by atoms with Gasteiger partial charge in [-0.1, -0.05) is 0 Å². The summed E-state index contributed by atoms with van der Waals surface area (Å²) in [5.74, 6) is -0.268. The Balaban J connectivity index is 2.24. The number of rotatable bonds is 4. The van der Waals surface area contributed by atoms with Gasteiger partial charge in [0.25, 0.3) is 0 Å². The highest BCUT2D eigenvalue weighted by molar-refractivity contribution is 5.90. The van der Waals surface area contributed by atoms with Crippen molar-refractivity contribution in [3.05, 3.63) is 62.7 Å². The molecule has 0 radical (unpaired) electrons. The van der Waals surface area contributed by atoms with E-state index in [1.807, 2.05) is 25.1 Å². The Morgan fingerprint density at radius 1 is 0.846 bits per heavy atom. The predicted octanol–water partition coefficient (Wildman–Crippen LogP) is 5.09. The first-order valence-electron chi connectivity index (χ1n) is 9.10. The van der Waals surface area contributed by atoms with Gasteiger partial charge in [-0.05, 0) is 87.1 Å². The molecule has 26 heavy (non-hydrogen) atoms. The first-order chi connectivity index (χ1) is 11.9. The van der Waals surface area contributed by atoms with Crippen LogP contribution in [0.3, 0.4) is 0 Å². The first kappa shape index (κ1) is 20.2. The van der Waals surface area contributed by atoms with Crippen LogP contribution >= 0.6 is 0 Å². The van der Waals surface area contributed by atoms with Crippen molar-refractivity contribution in [2.75, 3.05) is 21.1 Å².